The molecule has 0 radical (unpaired) electrons. The van der Waals surface area contributed by atoms with Crippen molar-refractivity contribution in [1.82, 2.24) is 4.90 Å². The molecule has 2 atom stereocenters. The second-order valence-electron chi connectivity index (χ2n) is 4.95. The smallest absolute Gasteiger partial charge is 0.216 e. The normalized spacial score (nSPS) is 27.9. The summed E-state index contributed by atoms with van der Waals surface area (Å²) < 4.78 is 5.45. The molecular weight excluding hydrogens is 166 g/mol. The van der Waals surface area contributed by atoms with E-state index in [0.717, 1.165) is 19.5 Å². The van der Waals surface area contributed by atoms with E-state index in [1.165, 1.54) is 0 Å². The second kappa shape index (κ2) is 3.95. The largest absolute Gasteiger partial charge is 0.356 e. The van der Waals surface area contributed by atoms with Crippen molar-refractivity contribution in [3.63, 3.8) is 0 Å². The Hall–Kier alpha value is -0.120. The fourth-order valence-corrected chi connectivity index (χ4v) is 1.56. The summed E-state index contributed by atoms with van der Waals surface area (Å²) in [6.45, 7) is 9.95. The summed E-state index contributed by atoms with van der Waals surface area (Å²) >= 11 is 0. The van der Waals surface area contributed by atoms with Gasteiger partial charge in [-0.15, -0.1) is 0 Å². The Kier molecular flexibility index (Phi) is 3.33. The summed E-state index contributed by atoms with van der Waals surface area (Å²) in [5.41, 5.74) is -0.273. The van der Waals surface area contributed by atoms with Crippen molar-refractivity contribution in [2.45, 2.75) is 46.1 Å². The van der Waals surface area contributed by atoms with Crippen LogP contribution in [0.4, 0.5) is 0 Å². The van der Waals surface area contributed by atoms with Crippen molar-refractivity contribution >= 4 is 0 Å². The maximum Gasteiger partial charge on any atom is 0.216 e. The molecule has 1 fully saturated rings. The van der Waals surface area contributed by atoms with Crippen molar-refractivity contribution in [2.75, 3.05) is 13.1 Å². The van der Waals surface area contributed by atoms with Gasteiger partial charge in [-0.05, 0) is 33.1 Å². The number of likely N-dealkylation sites (tertiary alicyclic amines) is 1. The topological polar surface area (TPSA) is 32.7 Å². The molecule has 1 rings (SSSR count). The Balaban J connectivity index is 2.36. The molecule has 0 amide bonds. The van der Waals surface area contributed by atoms with Crippen LogP contribution < -0.4 is 0 Å². The lowest BCUT2D eigenvalue weighted by molar-refractivity contribution is -0.234. The van der Waals surface area contributed by atoms with Crippen molar-refractivity contribution in [3.8, 4) is 0 Å². The van der Waals surface area contributed by atoms with Crippen LogP contribution in [-0.4, -0.2) is 35.1 Å². The summed E-state index contributed by atoms with van der Waals surface area (Å²) in [6.07, 6.45) is 0.426. The molecule has 0 saturated carbocycles. The van der Waals surface area contributed by atoms with Gasteiger partial charge in [0.25, 0.3) is 0 Å². The maximum atomic E-state index is 9.71. The summed E-state index contributed by atoms with van der Waals surface area (Å²) in [5, 5.41) is 9.71. The first-order valence-corrected chi connectivity index (χ1v) is 4.98. The number of hydrogen-bond acceptors (Lipinski definition) is 3. The Labute approximate surface area is 80.7 Å². The lowest BCUT2D eigenvalue weighted by Crippen LogP contribution is -2.40. The van der Waals surface area contributed by atoms with Crippen LogP contribution >= 0.6 is 0 Å². The number of ether oxygens (including phenoxy) is 1. The fraction of sp³-hybridized carbons (Fsp3) is 1.00. The summed E-state index contributed by atoms with van der Waals surface area (Å²) in [7, 11) is 0. The first kappa shape index (κ1) is 11.0. The highest BCUT2D eigenvalue weighted by atomic mass is 16.6. The molecule has 0 aromatic carbocycles. The quantitative estimate of drug-likeness (QED) is 0.664. The molecule has 1 aliphatic rings. The first-order chi connectivity index (χ1) is 5.88. The molecule has 1 heterocycles. The molecule has 0 bridgehead atoms. The van der Waals surface area contributed by atoms with E-state index in [9.17, 15) is 5.11 Å². The SMILES string of the molecule is CC1CCN(C(O)OC(C)(C)C)C1. The summed E-state index contributed by atoms with van der Waals surface area (Å²) in [4.78, 5) is 1.98. The van der Waals surface area contributed by atoms with Gasteiger partial charge >= 0.3 is 0 Å². The maximum absolute atomic E-state index is 9.71. The van der Waals surface area contributed by atoms with Gasteiger partial charge in [-0.1, -0.05) is 6.92 Å². The lowest BCUT2D eigenvalue weighted by atomic mass is 10.2. The molecule has 1 aliphatic heterocycles. The zero-order valence-electron chi connectivity index (χ0n) is 9.08. The Morgan fingerprint density at radius 1 is 1.46 bits per heavy atom. The third-order valence-corrected chi connectivity index (χ3v) is 2.23. The summed E-state index contributed by atoms with van der Waals surface area (Å²) in [5.74, 6) is 0.679. The third-order valence-electron chi connectivity index (χ3n) is 2.23. The molecular formula is C10H21NO2. The van der Waals surface area contributed by atoms with Crippen LogP contribution in [-0.2, 0) is 4.74 Å². The Morgan fingerprint density at radius 3 is 2.46 bits per heavy atom. The molecule has 0 spiro atoms. The standard InChI is InChI=1S/C10H21NO2/c1-8-5-6-11(7-8)9(12)13-10(2,3)4/h8-9,12H,5-7H2,1-4H3. The van der Waals surface area contributed by atoms with E-state index in [1.54, 1.807) is 0 Å². The highest BCUT2D eigenvalue weighted by Gasteiger charge is 2.27. The van der Waals surface area contributed by atoms with Gasteiger partial charge in [0, 0.05) is 13.1 Å². The van der Waals surface area contributed by atoms with E-state index in [0.29, 0.717) is 5.92 Å². The van der Waals surface area contributed by atoms with Crippen molar-refractivity contribution in [1.29, 1.82) is 0 Å². The van der Waals surface area contributed by atoms with Gasteiger partial charge in [-0.3, -0.25) is 4.90 Å². The number of hydrogen-bond donors (Lipinski definition) is 1. The monoisotopic (exact) mass is 187 g/mol. The van der Waals surface area contributed by atoms with E-state index in [-0.39, 0.29) is 5.60 Å². The average Bonchev–Trinajstić information content (AvgIpc) is 2.31. The van der Waals surface area contributed by atoms with Crippen molar-refractivity contribution in [2.24, 2.45) is 5.92 Å². The molecule has 0 aromatic rings. The van der Waals surface area contributed by atoms with Crippen molar-refractivity contribution < 1.29 is 9.84 Å². The molecule has 2 unspecified atom stereocenters. The number of rotatable bonds is 2. The van der Waals surface area contributed by atoms with Gasteiger partial charge in [0.15, 0.2) is 0 Å². The zero-order chi connectivity index (χ0) is 10.1. The Bertz CT molecular complexity index is 165. The van der Waals surface area contributed by atoms with Crippen LogP contribution in [0.2, 0.25) is 0 Å². The third kappa shape index (κ3) is 3.63. The van der Waals surface area contributed by atoms with Gasteiger partial charge in [0.05, 0.1) is 5.60 Å². The molecule has 0 aliphatic carbocycles. The predicted molar refractivity (Wildman–Crippen MR) is 52.2 cm³/mol. The predicted octanol–water partition coefficient (Wildman–Crippen LogP) is 1.42. The highest BCUT2D eigenvalue weighted by molar-refractivity contribution is 4.72. The van der Waals surface area contributed by atoms with E-state index < -0.39 is 6.41 Å². The molecule has 3 heteroatoms. The van der Waals surface area contributed by atoms with Crippen LogP contribution in [0.5, 0.6) is 0 Å². The Morgan fingerprint density at radius 2 is 2.08 bits per heavy atom. The van der Waals surface area contributed by atoms with Crippen LogP contribution in [0.25, 0.3) is 0 Å². The van der Waals surface area contributed by atoms with E-state index >= 15 is 0 Å². The first-order valence-electron chi connectivity index (χ1n) is 4.98. The van der Waals surface area contributed by atoms with Gasteiger partial charge in [0.2, 0.25) is 6.41 Å². The van der Waals surface area contributed by atoms with Gasteiger partial charge < -0.3 is 9.84 Å². The molecule has 78 valence electrons. The minimum Gasteiger partial charge on any atom is -0.356 e. The average molecular weight is 187 g/mol. The van der Waals surface area contributed by atoms with E-state index in [2.05, 4.69) is 6.92 Å². The molecule has 3 nitrogen and oxygen atoms in total. The van der Waals surface area contributed by atoms with E-state index in [4.69, 9.17) is 4.74 Å². The number of nitrogens with zero attached hydrogens (tertiary/aromatic N) is 1. The summed E-state index contributed by atoms with van der Waals surface area (Å²) in [6, 6.07) is 0. The molecule has 1 N–H and O–H groups in total. The lowest BCUT2D eigenvalue weighted by Gasteiger charge is -2.29. The van der Waals surface area contributed by atoms with E-state index in [1.807, 2.05) is 25.7 Å². The number of aliphatic hydroxyl groups is 1. The van der Waals surface area contributed by atoms with Gasteiger partial charge in [-0.25, -0.2) is 0 Å². The van der Waals surface area contributed by atoms with Crippen molar-refractivity contribution in [3.05, 3.63) is 0 Å². The van der Waals surface area contributed by atoms with Crippen LogP contribution in [0, 0.1) is 5.92 Å². The zero-order valence-corrected chi connectivity index (χ0v) is 9.08. The van der Waals surface area contributed by atoms with Crippen LogP contribution in [0.3, 0.4) is 0 Å². The molecule has 1 saturated heterocycles. The minimum absolute atomic E-state index is 0.273. The number of aliphatic hydroxyl groups excluding tert-OH is 1. The highest BCUT2D eigenvalue weighted by Crippen LogP contribution is 2.20. The fourth-order valence-electron chi connectivity index (χ4n) is 1.56. The van der Waals surface area contributed by atoms with Gasteiger partial charge in [-0.2, -0.15) is 0 Å². The van der Waals surface area contributed by atoms with Gasteiger partial charge in [0.1, 0.15) is 0 Å². The molecule has 0 aromatic heterocycles. The molecule has 13 heavy (non-hydrogen) atoms. The van der Waals surface area contributed by atoms with Crippen LogP contribution in [0.1, 0.15) is 34.1 Å². The van der Waals surface area contributed by atoms with Crippen LogP contribution in [0.15, 0.2) is 0 Å². The minimum atomic E-state index is -0.732. The second-order valence-corrected chi connectivity index (χ2v) is 4.95.